The van der Waals surface area contributed by atoms with Crippen molar-refractivity contribution in [2.24, 2.45) is 0 Å². The number of pyridine rings is 1. The number of carbonyl (C=O) groups is 2. The molecule has 0 saturated carbocycles. The second kappa shape index (κ2) is 7.34. The number of hydrogen-bond acceptors (Lipinski definition) is 5. The molecule has 1 atom stereocenters. The van der Waals surface area contributed by atoms with Crippen molar-refractivity contribution in [2.45, 2.75) is 12.5 Å². The highest BCUT2D eigenvalue weighted by Crippen LogP contribution is 2.36. The first kappa shape index (κ1) is 18.6. The van der Waals surface area contributed by atoms with Gasteiger partial charge in [0.15, 0.2) is 0 Å². The number of nitrogens with one attached hydrogen (secondary N) is 1. The minimum atomic E-state index is -0.637. The molecule has 2 aliphatic heterocycles. The Morgan fingerprint density at radius 1 is 1.21 bits per heavy atom. The first-order chi connectivity index (χ1) is 14.0. The van der Waals surface area contributed by atoms with Crippen LogP contribution in [0.4, 0.5) is 10.5 Å². The molecule has 0 spiro atoms. The van der Waals surface area contributed by atoms with Gasteiger partial charge < -0.3 is 10.2 Å². The molecule has 0 aliphatic carbocycles. The number of benzene rings is 1. The van der Waals surface area contributed by atoms with Crippen molar-refractivity contribution < 1.29 is 14.5 Å². The average Bonchev–Trinajstić information content (AvgIpc) is 3.07. The Bertz CT molecular complexity index is 1000. The molecule has 1 aromatic carbocycles. The summed E-state index contributed by atoms with van der Waals surface area (Å²) in [4.78, 5) is 43.4. The smallest absolute Gasteiger partial charge is 0.322 e. The van der Waals surface area contributed by atoms with Crippen LogP contribution in [0.2, 0.25) is 0 Å². The fourth-order valence-electron chi connectivity index (χ4n) is 3.64. The molecule has 0 radical (unpaired) electrons. The minimum absolute atomic E-state index is 0.0445. The summed E-state index contributed by atoms with van der Waals surface area (Å²) in [6.45, 7) is 0.826. The molecule has 0 fully saturated rings. The largest absolute Gasteiger partial charge is 0.333 e. The minimum Gasteiger partial charge on any atom is -0.333 e. The van der Waals surface area contributed by atoms with Crippen LogP contribution in [-0.4, -0.2) is 51.8 Å². The van der Waals surface area contributed by atoms with Gasteiger partial charge in [-0.3, -0.25) is 24.8 Å². The first-order valence-electron chi connectivity index (χ1n) is 9.16. The lowest BCUT2D eigenvalue weighted by molar-refractivity contribution is -0.384. The molecule has 148 valence electrons. The summed E-state index contributed by atoms with van der Waals surface area (Å²) < 4.78 is 0. The lowest BCUT2D eigenvalue weighted by Gasteiger charge is -2.31. The van der Waals surface area contributed by atoms with E-state index in [1.807, 2.05) is 18.2 Å². The van der Waals surface area contributed by atoms with Crippen LogP contribution >= 0.6 is 0 Å². The van der Waals surface area contributed by atoms with Crippen LogP contribution in [0.3, 0.4) is 0 Å². The van der Waals surface area contributed by atoms with E-state index in [9.17, 15) is 19.7 Å². The van der Waals surface area contributed by atoms with Gasteiger partial charge in [0, 0.05) is 44.0 Å². The van der Waals surface area contributed by atoms with Gasteiger partial charge in [-0.05, 0) is 29.8 Å². The lowest BCUT2D eigenvalue weighted by atomic mass is 9.95. The van der Waals surface area contributed by atoms with Gasteiger partial charge in [-0.25, -0.2) is 4.79 Å². The topological polar surface area (TPSA) is 109 Å². The van der Waals surface area contributed by atoms with Crippen molar-refractivity contribution in [1.29, 1.82) is 0 Å². The lowest BCUT2D eigenvalue weighted by Crippen LogP contribution is -2.45. The molecule has 1 N–H and O–H groups in total. The number of hydrogen-bond donors (Lipinski definition) is 1. The zero-order valence-electron chi connectivity index (χ0n) is 15.7. The Labute approximate surface area is 166 Å². The van der Waals surface area contributed by atoms with Crippen LogP contribution in [0.5, 0.6) is 0 Å². The van der Waals surface area contributed by atoms with E-state index in [-0.39, 0.29) is 17.6 Å². The van der Waals surface area contributed by atoms with Crippen molar-refractivity contribution in [3.63, 3.8) is 0 Å². The third kappa shape index (κ3) is 3.42. The third-order valence-electron chi connectivity index (χ3n) is 5.24. The van der Waals surface area contributed by atoms with Gasteiger partial charge in [-0.2, -0.15) is 0 Å². The van der Waals surface area contributed by atoms with E-state index in [0.717, 1.165) is 5.69 Å². The highest BCUT2D eigenvalue weighted by atomic mass is 16.6. The summed E-state index contributed by atoms with van der Waals surface area (Å²) in [7, 11) is 1.63. The molecule has 0 bridgehead atoms. The molecule has 29 heavy (non-hydrogen) atoms. The predicted octanol–water partition coefficient (Wildman–Crippen LogP) is 2.02. The SMILES string of the molecule is CN1C(=O)NC(c2ccc([N+](=O)[O-])cc2)C2=C1CN(CCc1ccccn1)C2=O. The van der Waals surface area contributed by atoms with Crippen molar-refractivity contribution in [3.8, 4) is 0 Å². The van der Waals surface area contributed by atoms with Crippen LogP contribution in [-0.2, 0) is 11.2 Å². The number of nitro groups is 1. The second-order valence-corrected chi connectivity index (χ2v) is 6.95. The van der Waals surface area contributed by atoms with Gasteiger partial charge in [0.1, 0.15) is 0 Å². The standard InChI is InChI=1S/C20H19N5O4/c1-23-16-12-24(11-9-14-4-2-3-10-21-14)19(26)17(16)18(22-20(23)27)13-5-7-15(8-6-13)25(28)29/h2-8,10,18H,9,11-12H2,1H3,(H,22,27). The Hall–Kier alpha value is -3.75. The van der Waals surface area contributed by atoms with E-state index in [1.165, 1.54) is 17.0 Å². The van der Waals surface area contributed by atoms with Gasteiger partial charge in [0.2, 0.25) is 0 Å². The predicted molar refractivity (Wildman–Crippen MR) is 104 cm³/mol. The van der Waals surface area contributed by atoms with Crippen molar-refractivity contribution >= 4 is 17.6 Å². The van der Waals surface area contributed by atoms with E-state index >= 15 is 0 Å². The quantitative estimate of drug-likeness (QED) is 0.618. The van der Waals surface area contributed by atoms with Crippen molar-refractivity contribution in [2.75, 3.05) is 20.1 Å². The Morgan fingerprint density at radius 2 is 1.97 bits per heavy atom. The Balaban J connectivity index is 1.59. The van der Waals surface area contributed by atoms with Gasteiger partial charge in [0.05, 0.1) is 28.8 Å². The highest BCUT2D eigenvalue weighted by Gasteiger charge is 2.42. The van der Waals surface area contributed by atoms with Crippen LogP contribution < -0.4 is 5.32 Å². The molecule has 1 unspecified atom stereocenters. The van der Waals surface area contributed by atoms with Gasteiger partial charge in [-0.15, -0.1) is 0 Å². The fourth-order valence-corrected chi connectivity index (χ4v) is 3.64. The summed E-state index contributed by atoms with van der Waals surface area (Å²) in [5.41, 5.74) is 2.63. The molecule has 2 aliphatic rings. The van der Waals surface area contributed by atoms with E-state index in [4.69, 9.17) is 0 Å². The highest BCUT2D eigenvalue weighted by molar-refractivity contribution is 6.01. The van der Waals surface area contributed by atoms with Gasteiger partial charge >= 0.3 is 6.03 Å². The first-order valence-corrected chi connectivity index (χ1v) is 9.16. The number of aromatic nitrogens is 1. The number of urea groups is 1. The number of non-ortho nitro benzene ring substituents is 1. The van der Waals surface area contributed by atoms with Crippen LogP contribution in [0.1, 0.15) is 17.3 Å². The van der Waals surface area contributed by atoms with E-state index < -0.39 is 11.0 Å². The van der Waals surface area contributed by atoms with Crippen LogP contribution in [0, 0.1) is 10.1 Å². The van der Waals surface area contributed by atoms with Crippen molar-refractivity contribution in [1.82, 2.24) is 20.1 Å². The number of rotatable bonds is 5. The maximum atomic E-state index is 13.1. The molecule has 9 nitrogen and oxygen atoms in total. The second-order valence-electron chi connectivity index (χ2n) is 6.95. The number of carbonyl (C=O) groups excluding carboxylic acids is 2. The number of amides is 3. The van der Waals surface area contributed by atoms with E-state index in [2.05, 4.69) is 10.3 Å². The normalized spacial score (nSPS) is 18.7. The van der Waals surface area contributed by atoms with Gasteiger partial charge in [0.25, 0.3) is 11.6 Å². The van der Waals surface area contributed by atoms with Crippen LogP contribution in [0.15, 0.2) is 59.9 Å². The molecule has 9 heteroatoms. The summed E-state index contributed by atoms with van der Waals surface area (Å²) in [6, 6.07) is 10.6. The van der Waals surface area contributed by atoms with Crippen LogP contribution in [0.25, 0.3) is 0 Å². The molecule has 3 heterocycles. The molecule has 3 amide bonds. The Morgan fingerprint density at radius 3 is 2.62 bits per heavy atom. The summed E-state index contributed by atoms with van der Waals surface area (Å²) >= 11 is 0. The van der Waals surface area contributed by atoms with E-state index in [1.54, 1.807) is 30.3 Å². The molecule has 4 rings (SSSR count). The monoisotopic (exact) mass is 393 g/mol. The summed E-state index contributed by atoms with van der Waals surface area (Å²) in [5.74, 6) is -0.147. The number of likely N-dealkylation sites (N-methyl/N-ethyl adjacent to an activating group) is 1. The third-order valence-corrected chi connectivity index (χ3v) is 5.24. The molecule has 2 aromatic rings. The maximum absolute atomic E-state index is 13.1. The molecular weight excluding hydrogens is 374 g/mol. The molecule has 1 aromatic heterocycles. The summed E-state index contributed by atoms with van der Waals surface area (Å²) in [6.07, 6.45) is 2.33. The zero-order chi connectivity index (χ0) is 20.5. The average molecular weight is 393 g/mol. The maximum Gasteiger partial charge on any atom is 0.322 e. The molecular formula is C20H19N5O4. The molecule has 0 saturated heterocycles. The van der Waals surface area contributed by atoms with Gasteiger partial charge in [-0.1, -0.05) is 6.07 Å². The zero-order valence-corrected chi connectivity index (χ0v) is 15.7. The number of nitro benzene ring substituents is 1. The van der Waals surface area contributed by atoms with Crippen molar-refractivity contribution in [3.05, 3.63) is 81.3 Å². The van der Waals surface area contributed by atoms with E-state index in [0.29, 0.717) is 36.3 Å². The number of nitrogens with zero attached hydrogens (tertiary/aromatic N) is 4. The Kier molecular flexibility index (Phi) is 4.71. The fraction of sp³-hybridized carbons (Fsp3) is 0.250. The summed E-state index contributed by atoms with van der Waals surface area (Å²) in [5, 5.41) is 13.7.